The second-order valence-electron chi connectivity index (χ2n) is 4.46. The number of hydrogen-bond donors (Lipinski definition) is 0. The summed E-state index contributed by atoms with van der Waals surface area (Å²) in [6.07, 6.45) is 0. The van der Waals surface area contributed by atoms with Crippen LogP contribution in [0.5, 0.6) is 0 Å². The van der Waals surface area contributed by atoms with E-state index < -0.39 is 0 Å². The summed E-state index contributed by atoms with van der Waals surface area (Å²) in [6, 6.07) is 8.71. The van der Waals surface area contributed by atoms with E-state index in [9.17, 15) is 0 Å². The summed E-state index contributed by atoms with van der Waals surface area (Å²) in [5.74, 6) is 0.653. The van der Waals surface area contributed by atoms with Gasteiger partial charge in [-0.1, -0.05) is 43.7 Å². The quantitative estimate of drug-likeness (QED) is 0.422. The number of hydrogen-bond acceptors (Lipinski definition) is 0. The van der Waals surface area contributed by atoms with Crippen molar-refractivity contribution in [2.24, 2.45) is 0 Å². The van der Waals surface area contributed by atoms with Crippen LogP contribution < -0.4 is 0 Å². The monoisotopic (exact) mass is 382 g/mol. The zero-order valence-electron chi connectivity index (χ0n) is 11.4. The number of aryl methyl sites for hydroxylation is 1. The van der Waals surface area contributed by atoms with Crippen LogP contribution in [0.3, 0.4) is 0 Å². The van der Waals surface area contributed by atoms with Crippen molar-refractivity contribution in [2.45, 2.75) is 26.7 Å². The van der Waals surface area contributed by atoms with Gasteiger partial charge in [-0.3, -0.25) is 0 Å². The van der Waals surface area contributed by atoms with Gasteiger partial charge in [-0.25, -0.2) is 0 Å². The Morgan fingerprint density at radius 2 is 1.29 bits per heavy atom. The average molecular weight is 382 g/mol. The fourth-order valence-electron chi connectivity index (χ4n) is 0.951. The van der Waals surface area contributed by atoms with Gasteiger partial charge in [0.15, 0.2) is 0 Å². The SMILES string of the molecule is CP(C)C.Cc1ccc(C(C)C)cc1.[Cl][Ru][Cl]. The van der Waals surface area contributed by atoms with Crippen molar-refractivity contribution in [1.82, 2.24) is 0 Å². The van der Waals surface area contributed by atoms with Crippen LogP contribution >= 0.6 is 27.3 Å². The van der Waals surface area contributed by atoms with Crippen LogP contribution in [-0.4, -0.2) is 20.0 Å². The van der Waals surface area contributed by atoms with E-state index >= 15 is 0 Å². The van der Waals surface area contributed by atoms with E-state index in [0.717, 1.165) is 0 Å². The van der Waals surface area contributed by atoms with Crippen LogP contribution in [0.2, 0.25) is 0 Å². The summed E-state index contributed by atoms with van der Waals surface area (Å²) in [5, 5.41) is 0. The Labute approximate surface area is 124 Å². The first-order valence-electron chi connectivity index (χ1n) is 5.37. The van der Waals surface area contributed by atoms with Gasteiger partial charge in [0.2, 0.25) is 0 Å². The van der Waals surface area contributed by atoms with Gasteiger partial charge < -0.3 is 0 Å². The van der Waals surface area contributed by atoms with E-state index in [4.69, 9.17) is 19.4 Å². The van der Waals surface area contributed by atoms with Gasteiger partial charge in [-0.05, 0) is 38.4 Å². The van der Waals surface area contributed by atoms with Crippen molar-refractivity contribution < 1.29 is 15.1 Å². The second kappa shape index (κ2) is 13.3. The fraction of sp³-hybridized carbons (Fsp3) is 0.538. The molecule has 0 amide bonds. The summed E-state index contributed by atoms with van der Waals surface area (Å²) in [7, 11) is 10.1. The Morgan fingerprint density at radius 3 is 1.53 bits per heavy atom. The Kier molecular flexibility index (Phi) is 15.8. The predicted molar refractivity (Wildman–Crippen MR) is 81.7 cm³/mol. The molecule has 1 rings (SSSR count). The van der Waals surface area contributed by atoms with Crippen molar-refractivity contribution in [1.29, 1.82) is 0 Å². The first-order valence-corrected chi connectivity index (χ1v) is 12.5. The molecular weight excluding hydrogens is 359 g/mol. The van der Waals surface area contributed by atoms with Gasteiger partial charge in [-0.15, -0.1) is 7.92 Å². The third kappa shape index (κ3) is 16.9. The molecule has 0 aliphatic heterocycles. The molecule has 1 aromatic rings. The summed E-state index contributed by atoms with van der Waals surface area (Å²) >= 11 is -0.346. The first-order chi connectivity index (χ1) is 7.84. The van der Waals surface area contributed by atoms with Crippen LogP contribution in [0.1, 0.15) is 30.9 Å². The average Bonchev–Trinajstić information content (AvgIpc) is 2.18. The number of rotatable bonds is 1. The molecule has 0 heterocycles. The molecule has 0 fully saturated rings. The molecule has 0 spiro atoms. The summed E-state index contributed by atoms with van der Waals surface area (Å²) in [4.78, 5) is 0. The zero-order chi connectivity index (χ0) is 13.8. The van der Waals surface area contributed by atoms with E-state index in [1.807, 2.05) is 0 Å². The molecule has 0 radical (unpaired) electrons. The van der Waals surface area contributed by atoms with Crippen LogP contribution in [-0.2, 0) is 15.1 Å². The maximum atomic E-state index is 4.85. The van der Waals surface area contributed by atoms with Crippen LogP contribution in [0, 0.1) is 6.92 Å². The van der Waals surface area contributed by atoms with Gasteiger partial charge in [0.25, 0.3) is 0 Å². The second-order valence-corrected chi connectivity index (χ2v) is 9.78. The maximum absolute atomic E-state index is 4.85. The molecule has 0 unspecified atom stereocenters. The van der Waals surface area contributed by atoms with Gasteiger partial charge in [0.05, 0.1) is 0 Å². The predicted octanol–water partition coefficient (Wildman–Crippen LogP) is 5.85. The Hall–Kier alpha value is 0.853. The fourth-order valence-corrected chi connectivity index (χ4v) is 0.951. The third-order valence-electron chi connectivity index (χ3n) is 1.74. The summed E-state index contributed by atoms with van der Waals surface area (Å²) in [6.45, 7) is 13.2. The van der Waals surface area contributed by atoms with Gasteiger partial charge in [0.1, 0.15) is 0 Å². The molecule has 17 heavy (non-hydrogen) atoms. The molecular formula is C13H23Cl2PRu. The van der Waals surface area contributed by atoms with Crippen LogP contribution in [0.4, 0.5) is 0 Å². The molecule has 0 aliphatic rings. The molecule has 0 aromatic heterocycles. The van der Waals surface area contributed by atoms with Gasteiger partial charge in [0, 0.05) is 0 Å². The van der Waals surface area contributed by atoms with E-state index in [0.29, 0.717) is 13.8 Å². The minimum absolute atomic E-state index is 0.346. The van der Waals surface area contributed by atoms with E-state index in [-0.39, 0.29) is 15.1 Å². The molecule has 0 saturated carbocycles. The normalized spacial score (nSPS) is 9.53. The molecule has 0 aliphatic carbocycles. The van der Waals surface area contributed by atoms with Gasteiger partial charge >= 0.3 is 34.5 Å². The Balaban J connectivity index is 0. The van der Waals surface area contributed by atoms with E-state index in [2.05, 4.69) is 65.0 Å². The standard InChI is InChI=1S/C10H14.C3H9P.2ClH.Ru/c1-8(2)10-6-4-9(3)5-7-10;1-4(2)3;;;/h4-8H,1-3H3;1-3H3;2*1H;/q;;;;+2/p-2. The molecule has 0 atom stereocenters. The minimum atomic E-state index is -0.346. The third-order valence-corrected chi connectivity index (χ3v) is 1.74. The molecule has 1 aromatic carbocycles. The summed E-state index contributed by atoms with van der Waals surface area (Å²) in [5.41, 5.74) is 2.76. The molecule has 0 bridgehead atoms. The topological polar surface area (TPSA) is 0 Å². The van der Waals surface area contributed by atoms with Crippen LogP contribution in [0.25, 0.3) is 0 Å². The zero-order valence-corrected chi connectivity index (χ0v) is 15.6. The molecule has 0 nitrogen and oxygen atoms in total. The molecule has 4 heteroatoms. The van der Waals surface area contributed by atoms with Gasteiger partial charge in [-0.2, -0.15) is 0 Å². The Bertz CT molecular complexity index is 258. The summed E-state index contributed by atoms with van der Waals surface area (Å²) < 4.78 is 0. The molecule has 102 valence electrons. The van der Waals surface area contributed by atoms with Crippen LogP contribution in [0.15, 0.2) is 24.3 Å². The number of benzene rings is 1. The van der Waals surface area contributed by atoms with Crippen molar-refractivity contribution in [3.63, 3.8) is 0 Å². The Morgan fingerprint density at radius 1 is 1.00 bits per heavy atom. The first kappa shape index (κ1) is 20.2. The molecule has 0 saturated heterocycles. The van der Waals surface area contributed by atoms with E-state index in [1.54, 1.807) is 0 Å². The van der Waals surface area contributed by atoms with Crippen molar-refractivity contribution in [3.05, 3.63) is 35.4 Å². The van der Waals surface area contributed by atoms with E-state index in [1.165, 1.54) is 11.1 Å². The molecule has 0 N–H and O–H groups in total. The van der Waals surface area contributed by atoms with Crippen molar-refractivity contribution >= 4 is 27.3 Å². The number of halogens is 2. The van der Waals surface area contributed by atoms with Crippen molar-refractivity contribution in [2.75, 3.05) is 20.0 Å². The van der Waals surface area contributed by atoms with Crippen molar-refractivity contribution in [3.8, 4) is 0 Å².